The van der Waals surface area contributed by atoms with Crippen LogP contribution in [-0.4, -0.2) is 38.2 Å². The summed E-state index contributed by atoms with van der Waals surface area (Å²) in [6, 6.07) is 7.87. The number of aromatic nitrogens is 2. The predicted molar refractivity (Wildman–Crippen MR) is 98.9 cm³/mol. The molecule has 2 aromatic rings. The molecule has 6 nitrogen and oxygen atoms in total. The number of amides is 2. The van der Waals surface area contributed by atoms with Crippen molar-refractivity contribution in [1.29, 1.82) is 0 Å². The van der Waals surface area contributed by atoms with Crippen LogP contribution in [0, 0.1) is 6.92 Å². The lowest BCUT2D eigenvalue weighted by Crippen LogP contribution is -2.53. The lowest BCUT2D eigenvalue weighted by molar-refractivity contribution is -0.128. The average Bonchev–Trinajstić information content (AvgIpc) is 3.05. The number of thiocarbonyl (C=S) groups is 1. The topological polar surface area (TPSA) is 67.2 Å². The number of hydrogen-bond donors (Lipinski definition) is 1. The Morgan fingerprint density at radius 1 is 1.28 bits per heavy atom. The Hall–Kier alpha value is -3.06. The normalized spacial score (nSPS) is 16.3. The molecule has 0 atom stereocenters. The zero-order valence-electron chi connectivity index (χ0n) is 13.6. The molecule has 0 bridgehead atoms. The van der Waals surface area contributed by atoms with Crippen LogP contribution >= 0.6 is 12.2 Å². The van der Waals surface area contributed by atoms with Gasteiger partial charge in [-0.1, -0.05) is 23.8 Å². The minimum atomic E-state index is -0.515. The van der Waals surface area contributed by atoms with Gasteiger partial charge in [0.15, 0.2) is 5.11 Å². The van der Waals surface area contributed by atoms with Gasteiger partial charge in [-0.05, 0) is 37.4 Å². The van der Waals surface area contributed by atoms with Crippen LogP contribution in [0.2, 0.25) is 0 Å². The van der Waals surface area contributed by atoms with Crippen LogP contribution in [0.5, 0.6) is 0 Å². The molecule has 2 amide bonds. The van der Waals surface area contributed by atoms with Crippen molar-refractivity contribution in [3.63, 3.8) is 0 Å². The lowest BCUT2D eigenvalue weighted by Gasteiger charge is -2.27. The van der Waals surface area contributed by atoms with E-state index in [2.05, 4.69) is 17.0 Å². The molecule has 1 N–H and O–H groups in total. The van der Waals surface area contributed by atoms with E-state index in [1.165, 1.54) is 11.0 Å². The number of carbonyl (C=O) groups excluding carboxylic acids is 2. The molecule has 0 spiro atoms. The number of carbonyl (C=O) groups is 2. The molecule has 1 aromatic heterocycles. The highest BCUT2D eigenvalue weighted by molar-refractivity contribution is 7.80. The van der Waals surface area contributed by atoms with E-state index < -0.39 is 11.8 Å². The molecule has 25 heavy (non-hydrogen) atoms. The third-order valence-electron chi connectivity index (χ3n) is 3.71. The zero-order valence-corrected chi connectivity index (χ0v) is 14.4. The van der Waals surface area contributed by atoms with E-state index in [1.54, 1.807) is 23.2 Å². The first-order valence-electron chi connectivity index (χ1n) is 7.61. The summed E-state index contributed by atoms with van der Waals surface area (Å²) in [4.78, 5) is 25.9. The van der Waals surface area contributed by atoms with Crippen LogP contribution in [0.25, 0.3) is 11.8 Å². The fourth-order valence-corrected chi connectivity index (χ4v) is 2.66. The maximum atomic E-state index is 12.5. The van der Waals surface area contributed by atoms with Crippen LogP contribution in [0.3, 0.4) is 0 Å². The van der Waals surface area contributed by atoms with Gasteiger partial charge in [-0.15, -0.1) is 6.58 Å². The predicted octanol–water partition coefficient (Wildman–Crippen LogP) is 1.99. The molecule has 0 unspecified atom stereocenters. The van der Waals surface area contributed by atoms with E-state index in [4.69, 9.17) is 12.2 Å². The summed E-state index contributed by atoms with van der Waals surface area (Å²) in [5.41, 5.74) is 2.70. The van der Waals surface area contributed by atoms with Crippen molar-refractivity contribution in [3.8, 4) is 5.69 Å². The molecule has 1 saturated heterocycles. The van der Waals surface area contributed by atoms with Crippen LogP contribution in [0.1, 0.15) is 11.1 Å². The molecule has 1 aliphatic heterocycles. The van der Waals surface area contributed by atoms with Gasteiger partial charge in [0.05, 0.1) is 11.9 Å². The number of rotatable bonds is 4. The van der Waals surface area contributed by atoms with E-state index >= 15 is 0 Å². The van der Waals surface area contributed by atoms with Gasteiger partial charge < -0.3 is 0 Å². The van der Waals surface area contributed by atoms with Gasteiger partial charge in [-0.3, -0.25) is 19.8 Å². The molecule has 126 valence electrons. The van der Waals surface area contributed by atoms with Gasteiger partial charge in [0, 0.05) is 18.3 Å². The fourth-order valence-electron chi connectivity index (χ4n) is 2.41. The standard InChI is InChI=1S/C18H16N4O2S/c1-3-8-21-17(24)15(16(23)20-18(21)25)9-13-10-19-22(11-13)14-6-4-12(2)5-7-14/h3-7,9-11H,1,8H2,2H3,(H,20,23,25)/b15-9-. The fraction of sp³-hybridized carbons (Fsp3) is 0.111. The van der Waals surface area contributed by atoms with Crippen LogP contribution in [-0.2, 0) is 9.59 Å². The molecular weight excluding hydrogens is 336 g/mol. The van der Waals surface area contributed by atoms with Gasteiger partial charge in [0.25, 0.3) is 11.8 Å². The quantitative estimate of drug-likeness (QED) is 0.396. The molecule has 1 aliphatic rings. The number of hydrogen-bond acceptors (Lipinski definition) is 4. The van der Waals surface area contributed by atoms with Gasteiger partial charge in [0.1, 0.15) is 5.57 Å². The maximum Gasteiger partial charge on any atom is 0.265 e. The minimum absolute atomic E-state index is 0.0129. The van der Waals surface area contributed by atoms with E-state index in [0.717, 1.165) is 11.3 Å². The lowest BCUT2D eigenvalue weighted by atomic mass is 10.1. The molecule has 2 heterocycles. The second kappa shape index (κ2) is 6.82. The molecular formula is C18H16N4O2S. The summed E-state index contributed by atoms with van der Waals surface area (Å²) in [5.74, 6) is -0.963. The molecule has 7 heteroatoms. The van der Waals surface area contributed by atoms with Crippen molar-refractivity contribution in [1.82, 2.24) is 20.0 Å². The number of aryl methyl sites for hydroxylation is 1. The number of nitrogens with one attached hydrogen (secondary N) is 1. The first-order valence-corrected chi connectivity index (χ1v) is 8.02. The smallest absolute Gasteiger partial charge is 0.265 e. The van der Waals surface area contributed by atoms with Crippen molar-refractivity contribution in [2.45, 2.75) is 6.92 Å². The zero-order chi connectivity index (χ0) is 18.0. The summed E-state index contributed by atoms with van der Waals surface area (Å²) in [7, 11) is 0. The first kappa shape index (κ1) is 16.8. The highest BCUT2D eigenvalue weighted by Crippen LogP contribution is 2.16. The largest absolute Gasteiger partial charge is 0.298 e. The molecule has 3 rings (SSSR count). The van der Waals surface area contributed by atoms with Crippen LogP contribution < -0.4 is 5.32 Å². The van der Waals surface area contributed by atoms with E-state index in [9.17, 15) is 9.59 Å². The third-order valence-corrected chi connectivity index (χ3v) is 4.03. The molecule has 0 saturated carbocycles. The molecule has 1 fully saturated rings. The Kier molecular flexibility index (Phi) is 4.58. The van der Waals surface area contributed by atoms with Gasteiger partial charge in [0.2, 0.25) is 0 Å². The van der Waals surface area contributed by atoms with Gasteiger partial charge in [-0.2, -0.15) is 5.10 Å². The van der Waals surface area contributed by atoms with Crippen molar-refractivity contribution in [2.24, 2.45) is 0 Å². The molecule has 0 aliphatic carbocycles. The first-order chi connectivity index (χ1) is 12.0. The number of nitrogens with zero attached hydrogens (tertiary/aromatic N) is 3. The third kappa shape index (κ3) is 3.41. The summed E-state index contributed by atoms with van der Waals surface area (Å²) in [6.07, 6.45) is 6.41. The summed E-state index contributed by atoms with van der Waals surface area (Å²) in [6.45, 7) is 5.84. The molecule has 0 radical (unpaired) electrons. The highest BCUT2D eigenvalue weighted by atomic mass is 32.1. The van der Waals surface area contributed by atoms with Crippen LogP contribution in [0.15, 0.2) is 54.9 Å². The van der Waals surface area contributed by atoms with Crippen molar-refractivity contribution in [2.75, 3.05) is 6.54 Å². The Balaban J connectivity index is 1.90. The maximum absolute atomic E-state index is 12.5. The van der Waals surface area contributed by atoms with Gasteiger partial charge >= 0.3 is 0 Å². The van der Waals surface area contributed by atoms with E-state index in [1.807, 2.05) is 31.2 Å². The van der Waals surface area contributed by atoms with Crippen LogP contribution in [0.4, 0.5) is 0 Å². The Bertz CT molecular complexity index is 896. The van der Waals surface area contributed by atoms with Gasteiger partial charge in [-0.25, -0.2) is 4.68 Å². The van der Waals surface area contributed by atoms with Crippen molar-refractivity contribution in [3.05, 3.63) is 66.0 Å². The summed E-state index contributed by atoms with van der Waals surface area (Å²) in [5, 5.41) is 6.88. The minimum Gasteiger partial charge on any atom is -0.298 e. The Morgan fingerprint density at radius 3 is 2.68 bits per heavy atom. The average molecular weight is 352 g/mol. The monoisotopic (exact) mass is 352 g/mol. The Labute approximate surface area is 150 Å². The highest BCUT2D eigenvalue weighted by Gasteiger charge is 2.32. The second-order valence-electron chi connectivity index (χ2n) is 5.58. The summed E-state index contributed by atoms with van der Waals surface area (Å²) >= 11 is 5.02. The molecule has 1 aromatic carbocycles. The SMILES string of the molecule is C=CCN1C(=O)/C(=C\c2cnn(-c3ccc(C)cc3)c2)C(=O)NC1=S. The second-order valence-corrected chi connectivity index (χ2v) is 5.96. The van der Waals surface area contributed by atoms with E-state index in [-0.39, 0.29) is 17.2 Å². The van der Waals surface area contributed by atoms with Crippen molar-refractivity contribution < 1.29 is 9.59 Å². The summed E-state index contributed by atoms with van der Waals surface area (Å²) < 4.78 is 1.68. The number of benzene rings is 1. The Morgan fingerprint density at radius 2 is 2.00 bits per heavy atom. The van der Waals surface area contributed by atoms with E-state index in [0.29, 0.717) is 5.56 Å². The van der Waals surface area contributed by atoms with Crippen molar-refractivity contribution >= 4 is 35.2 Å².